The molecule has 1 saturated carbocycles. The van der Waals surface area contributed by atoms with Gasteiger partial charge >= 0.3 is 0 Å². The lowest BCUT2D eigenvalue weighted by atomic mass is 9.99. The Balaban J connectivity index is 0.00000133. The zero-order chi connectivity index (χ0) is 12.8. The first-order chi connectivity index (χ1) is 8.58. The van der Waals surface area contributed by atoms with E-state index in [4.69, 9.17) is 21.9 Å². The third-order valence-electron chi connectivity index (χ3n) is 3.56. The zero-order valence-corrected chi connectivity index (χ0v) is 12.2. The summed E-state index contributed by atoms with van der Waals surface area (Å²) in [6.07, 6.45) is 5.88. The summed E-state index contributed by atoms with van der Waals surface area (Å²) in [5.41, 5.74) is 6.68. The van der Waals surface area contributed by atoms with Gasteiger partial charge in [-0.25, -0.2) is 0 Å². The molecule has 5 nitrogen and oxygen atoms in total. The summed E-state index contributed by atoms with van der Waals surface area (Å²) in [6, 6.07) is 1.80. The second kappa shape index (κ2) is 5.15. The molecule has 0 radical (unpaired) electrons. The Morgan fingerprint density at radius 3 is 2.68 bits per heavy atom. The molecule has 0 bridgehead atoms. The van der Waals surface area contributed by atoms with E-state index in [0.717, 1.165) is 31.4 Å². The SMILES string of the molecule is Cl.Cn1cc(Cl)cc1-c1nc(C2(N)CCCC2)no1. The number of hydrogen-bond acceptors (Lipinski definition) is 4. The molecule has 0 aliphatic heterocycles. The molecule has 2 aromatic heterocycles. The Bertz CT molecular complexity index is 572. The minimum Gasteiger partial charge on any atom is -0.345 e. The molecule has 0 amide bonds. The van der Waals surface area contributed by atoms with E-state index in [-0.39, 0.29) is 12.4 Å². The molecule has 2 aromatic rings. The number of aryl methyl sites for hydroxylation is 1. The first-order valence-corrected chi connectivity index (χ1v) is 6.42. The van der Waals surface area contributed by atoms with Crippen LogP contribution in [0.3, 0.4) is 0 Å². The van der Waals surface area contributed by atoms with Crippen LogP contribution >= 0.6 is 24.0 Å². The van der Waals surface area contributed by atoms with Gasteiger partial charge in [0.1, 0.15) is 5.69 Å². The van der Waals surface area contributed by atoms with Crippen molar-refractivity contribution in [2.45, 2.75) is 31.2 Å². The highest BCUT2D eigenvalue weighted by Crippen LogP contribution is 2.35. The maximum absolute atomic E-state index is 6.30. The van der Waals surface area contributed by atoms with Gasteiger partial charge in [-0.05, 0) is 18.9 Å². The van der Waals surface area contributed by atoms with Gasteiger partial charge in [0.05, 0.1) is 10.6 Å². The van der Waals surface area contributed by atoms with Gasteiger partial charge in [0.25, 0.3) is 5.89 Å². The van der Waals surface area contributed by atoms with Gasteiger partial charge in [0, 0.05) is 13.2 Å². The number of nitrogens with zero attached hydrogens (tertiary/aromatic N) is 3. The summed E-state index contributed by atoms with van der Waals surface area (Å²) < 4.78 is 7.16. The quantitative estimate of drug-likeness (QED) is 0.926. The standard InChI is InChI=1S/C12H15ClN4O.ClH/c1-17-7-8(13)6-9(17)10-15-11(16-18-10)12(14)4-2-3-5-12;/h6-7H,2-5,14H2,1H3;1H. The molecule has 7 heteroatoms. The van der Waals surface area contributed by atoms with E-state index >= 15 is 0 Å². The minimum absolute atomic E-state index is 0. The van der Waals surface area contributed by atoms with Gasteiger partial charge in [-0.1, -0.05) is 29.6 Å². The van der Waals surface area contributed by atoms with Gasteiger partial charge in [-0.3, -0.25) is 0 Å². The fourth-order valence-electron chi connectivity index (χ4n) is 2.50. The highest BCUT2D eigenvalue weighted by molar-refractivity contribution is 6.30. The summed E-state index contributed by atoms with van der Waals surface area (Å²) in [5, 5.41) is 4.68. The summed E-state index contributed by atoms with van der Waals surface area (Å²) in [4.78, 5) is 4.43. The molecule has 1 aliphatic rings. The van der Waals surface area contributed by atoms with Crippen molar-refractivity contribution in [2.75, 3.05) is 0 Å². The van der Waals surface area contributed by atoms with Gasteiger partial charge in [-0.15, -0.1) is 12.4 Å². The van der Waals surface area contributed by atoms with Gasteiger partial charge in [-0.2, -0.15) is 4.98 Å². The zero-order valence-electron chi connectivity index (χ0n) is 10.6. The van der Waals surface area contributed by atoms with Crippen molar-refractivity contribution in [1.29, 1.82) is 0 Å². The van der Waals surface area contributed by atoms with Crippen LogP contribution in [0, 0.1) is 0 Å². The van der Waals surface area contributed by atoms with Crippen molar-refractivity contribution >= 4 is 24.0 Å². The third-order valence-corrected chi connectivity index (χ3v) is 3.76. The minimum atomic E-state index is -0.420. The molecule has 3 rings (SSSR count). The second-order valence-corrected chi connectivity index (χ2v) is 5.38. The van der Waals surface area contributed by atoms with Crippen LogP contribution in [0.25, 0.3) is 11.6 Å². The van der Waals surface area contributed by atoms with Crippen LogP contribution in [-0.4, -0.2) is 14.7 Å². The van der Waals surface area contributed by atoms with Crippen molar-refractivity contribution < 1.29 is 4.52 Å². The van der Waals surface area contributed by atoms with Crippen molar-refractivity contribution in [1.82, 2.24) is 14.7 Å². The van der Waals surface area contributed by atoms with E-state index in [9.17, 15) is 0 Å². The molecule has 0 atom stereocenters. The Hall–Kier alpha value is -1.04. The fraction of sp³-hybridized carbons (Fsp3) is 0.500. The molecular weight excluding hydrogens is 287 g/mol. The molecular formula is C12H16Cl2N4O. The van der Waals surface area contributed by atoms with Crippen molar-refractivity contribution in [2.24, 2.45) is 12.8 Å². The number of hydrogen-bond donors (Lipinski definition) is 1. The van der Waals surface area contributed by atoms with E-state index < -0.39 is 5.54 Å². The lowest BCUT2D eigenvalue weighted by molar-refractivity contribution is 0.372. The topological polar surface area (TPSA) is 69.9 Å². The highest BCUT2D eigenvalue weighted by atomic mass is 35.5. The summed E-state index contributed by atoms with van der Waals surface area (Å²) >= 11 is 5.94. The molecule has 2 heterocycles. The lowest BCUT2D eigenvalue weighted by Gasteiger charge is -2.17. The van der Waals surface area contributed by atoms with E-state index in [2.05, 4.69) is 10.1 Å². The Morgan fingerprint density at radius 2 is 2.11 bits per heavy atom. The predicted molar refractivity (Wildman–Crippen MR) is 75.3 cm³/mol. The third kappa shape index (κ3) is 2.50. The lowest BCUT2D eigenvalue weighted by Crippen LogP contribution is -2.34. The van der Waals surface area contributed by atoms with Gasteiger partial charge in [0.15, 0.2) is 5.82 Å². The average Bonchev–Trinajstić information content (AvgIpc) is 2.99. The van der Waals surface area contributed by atoms with Crippen LogP contribution in [-0.2, 0) is 12.6 Å². The first kappa shape index (κ1) is 14.4. The van der Waals surface area contributed by atoms with Crippen molar-refractivity contribution in [3.05, 3.63) is 23.1 Å². The molecule has 0 aromatic carbocycles. The summed E-state index contributed by atoms with van der Waals surface area (Å²) in [6.45, 7) is 0. The van der Waals surface area contributed by atoms with Crippen LogP contribution in [0.4, 0.5) is 0 Å². The normalized spacial score (nSPS) is 17.4. The molecule has 0 spiro atoms. The number of nitrogens with two attached hydrogens (primary N) is 1. The van der Waals surface area contributed by atoms with E-state index in [1.54, 1.807) is 12.3 Å². The predicted octanol–water partition coefficient (Wildman–Crippen LogP) is 2.88. The monoisotopic (exact) mass is 302 g/mol. The number of halogens is 2. The summed E-state index contributed by atoms with van der Waals surface area (Å²) in [7, 11) is 1.89. The Kier molecular flexibility index (Phi) is 3.90. The largest absolute Gasteiger partial charge is 0.345 e. The van der Waals surface area contributed by atoms with E-state index in [0.29, 0.717) is 16.7 Å². The summed E-state index contributed by atoms with van der Waals surface area (Å²) in [5.74, 6) is 1.07. The average molecular weight is 303 g/mol. The van der Waals surface area contributed by atoms with Crippen molar-refractivity contribution in [3.8, 4) is 11.6 Å². The van der Waals surface area contributed by atoms with Gasteiger partial charge in [0.2, 0.25) is 0 Å². The highest BCUT2D eigenvalue weighted by Gasteiger charge is 2.36. The maximum Gasteiger partial charge on any atom is 0.274 e. The molecule has 2 N–H and O–H groups in total. The second-order valence-electron chi connectivity index (χ2n) is 4.94. The molecule has 1 fully saturated rings. The fourth-order valence-corrected chi connectivity index (χ4v) is 2.75. The molecule has 104 valence electrons. The van der Waals surface area contributed by atoms with E-state index in [1.807, 2.05) is 11.6 Å². The molecule has 0 unspecified atom stereocenters. The Morgan fingerprint density at radius 1 is 1.42 bits per heavy atom. The number of rotatable bonds is 2. The van der Waals surface area contributed by atoms with Gasteiger partial charge < -0.3 is 14.8 Å². The smallest absolute Gasteiger partial charge is 0.274 e. The maximum atomic E-state index is 6.30. The van der Waals surface area contributed by atoms with Crippen LogP contribution in [0.2, 0.25) is 5.02 Å². The van der Waals surface area contributed by atoms with Crippen LogP contribution in [0.15, 0.2) is 16.8 Å². The number of aromatic nitrogens is 3. The molecule has 19 heavy (non-hydrogen) atoms. The Labute approximate surface area is 122 Å². The van der Waals surface area contributed by atoms with E-state index in [1.165, 1.54) is 0 Å². The van der Waals surface area contributed by atoms with Crippen LogP contribution < -0.4 is 5.73 Å². The van der Waals surface area contributed by atoms with Crippen LogP contribution in [0.5, 0.6) is 0 Å². The first-order valence-electron chi connectivity index (χ1n) is 6.04. The molecule has 1 aliphatic carbocycles. The molecule has 0 saturated heterocycles. The van der Waals surface area contributed by atoms with Crippen molar-refractivity contribution in [3.63, 3.8) is 0 Å². The van der Waals surface area contributed by atoms with Crippen LogP contribution in [0.1, 0.15) is 31.5 Å².